The van der Waals surface area contributed by atoms with Crippen LogP contribution in [0.25, 0.3) is 11.3 Å². The molecule has 146 valence electrons. The first-order valence-electron chi connectivity index (χ1n) is 8.83. The van der Waals surface area contributed by atoms with Crippen molar-refractivity contribution in [2.24, 2.45) is 0 Å². The molecule has 8 heteroatoms. The minimum atomic E-state index is -0.682. The molecule has 0 fully saturated rings. The largest absolute Gasteiger partial charge is 0.443 e. The van der Waals surface area contributed by atoms with E-state index in [1.54, 1.807) is 20.8 Å². The average Bonchev–Trinajstić information content (AvgIpc) is 2.98. The molecule has 0 spiro atoms. The van der Waals surface area contributed by atoms with Gasteiger partial charge in [0, 0.05) is 16.6 Å². The summed E-state index contributed by atoms with van der Waals surface area (Å²) in [5.41, 5.74) is 0.621. The number of urea groups is 1. The zero-order valence-electron chi connectivity index (χ0n) is 16.0. The van der Waals surface area contributed by atoms with Crippen LogP contribution in [0.4, 0.5) is 15.5 Å². The van der Waals surface area contributed by atoms with E-state index in [0.29, 0.717) is 12.2 Å². The molecule has 0 atom stereocenters. The van der Waals surface area contributed by atoms with Crippen molar-refractivity contribution in [1.82, 2.24) is 14.9 Å². The van der Waals surface area contributed by atoms with Gasteiger partial charge < -0.3 is 10.1 Å². The van der Waals surface area contributed by atoms with Crippen molar-refractivity contribution in [1.29, 1.82) is 0 Å². The number of ether oxygens (including phenoxy) is 1. The van der Waals surface area contributed by atoms with Crippen LogP contribution in [0.15, 0.2) is 34.9 Å². The predicted octanol–water partition coefficient (Wildman–Crippen LogP) is 5.02. The van der Waals surface area contributed by atoms with Gasteiger partial charge in [-0.2, -0.15) is 0 Å². The maximum Gasteiger partial charge on any atom is 0.421 e. The highest BCUT2D eigenvalue weighted by Gasteiger charge is 2.24. The number of carbonyl (C=O) groups excluding carboxylic acids is 2. The van der Waals surface area contributed by atoms with Crippen molar-refractivity contribution in [3.63, 3.8) is 0 Å². The van der Waals surface area contributed by atoms with Crippen LogP contribution >= 0.6 is 15.9 Å². The minimum absolute atomic E-state index is 0.108. The topological polar surface area (TPSA) is 85.3 Å². The third kappa shape index (κ3) is 6.09. The molecule has 0 aliphatic rings. The molecule has 1 heterocycles. The van der Waals surface area contributed by atoms with Gasteiger partial charge in [0.1, 0.15) is 5.60 Å². The van der Waals surface area contributed by atoms with Crippen LogP contribution in [0.2, 0.25) is 0 Å². The van der Waals surface area contributed by atoms with E-state index in [1.165, 1.54) is 10.8 Å². The number of hydrogen-bond acceptors (Lipinski definition) is 4. The first kappa shape index (κ1) is 21.0. The second-order valence-electron chi connectivity index (χ2n) is 7.02. The van der Waals surface area contributed by atoms with Gasteiger partial charge in [-0.05, 0) is 39.3 Å². The SMILES string of the molecule is CCCCNC(=O)Nc1ncc(-c2ccc(Br)cc2)n1C(=O)OC(C)(C)C. The van der Waals surface area contributed by atoms with Gasteiger partial charge >= 0.3 is 12.1 Å². The van der Waals surface area contributed by atoms with Crippen LogP contribution in [0.5, 0.6) is 0 Å². The highest BCUT2D eigenvalue weighted by molar-refractivity contribution is 9.10. The summed E-state index contributed by atoms with van der Waals surface area (Å²) < 4.78 is 7.68. The van der Waals surface area contributed by atoms with E-state index in [4.69, 9.17) is 4.74 Å². The van der Waals surface area contributed by atoms with Crippen LogP contribution in [-0.4, -0.2) is 33.8 Å². The monoisotopic (exact) mass is 436 g/mol. The number of hydrogen-bond donors (Lipinski definition) is 2. The smallest absolute Gasteiger partial charge is 0.421 e. The summed E-state index contributed by atoms with van der Waals surface area (Å²) in [7, 11) is 0. The quantitative estimate of drug-likeness (QED) is 0.644. The van der Waals surface area contributed by atoms with E-state index < -0.39 is 17.7 Å². The summed E-state index contributed by atoms with van der Waals surface area (Å²) >= 11 is 3.39. The van der Waals surface area contributed by atoms with Crippen molar-refractivity contribution in [3.05, 3.63) is 34.9 Å². The Morgan fingerprint density at radius 2 is 1.89 bits per heavy atom. The second-order valence-corrected chi connectivity index (χ2v) is 7.94. The van der Waals surface area contributed by atoms with E-state index >= 15 is 0 Å². The third-order valence-corrected chi connectivity index (χ3v) is 4.05. The zero-order chi connectivity index (χ0) is 20.0. The molecular formula is C19H25BrN4O3. The molecule has 2 aromatic rings. The number of nitrogens with zero attached hydrogens (tertiary/aromatic N) is 2. The number of aromatic nitrogens is 2. The van der Waals surface area contributed by atoms with E-state index in [1.807, 2.05) is 31.2 Å². The summed E-state index contributed by atoms with van der Waals surface area (Å²) in [4.78, 5) is 29.1. The number of rotatable bonds is 5. The highest BCUT2D eigenvalue weighted by Crippen LogP contribution is 2.26. The summed E-state index contributed by atoms with van der Waals surface area (Å²) in [5, 5.41) is 5.37. The molecule has 0 aliphatic heterocycles. The normalized spacial score (nSPS) is 11.1. The molecule has 0 saturated carbocycles. The van der Waals surface area contributed by atoms with Crippen molar-refractivity contribution in [3.8, 4) is 11.3 Å². The molecule has 1 aromatic carbocycles. The number of carbonyl (C=O) groups is 2. The van der Waals surface area contributed by atoms with Gasteiger partial charge in [0.2, 0.25) is 5.95 Å². The molecule has 2 N–H and O–H groups in total. The Bertz CT molecular complexity index is 794. The van der Waals surface area contributed by atoms with Crippen molar-refractivity contribution >= 4 is 34.0 Å². The molecular weight excluding hydrogens is 412 g/mol. The Labute approximate surface area is 167 Å². The van der Waals surface area contributed by atoms with Crippen molar-refractivity contribution in [2.45, 2.75) is 46.1 Å². The standard InChI is InChI=1S/C19H25BrN4O3/c1-5-6-11-21-17(25)23-16-22-12-15(13-7-9-14(20)10-8-13)24(16)18(26)27-19(2,3)4/h7-10,12H,5-6,11H2,1-4H3,(H2,21,22,23,25). The maximum atomic E-state index is 12.8. The Morgan fingerprint density at radius 3 is 2.48 bits per heavy atom. The molecule has 0 saturated heterocycles. The number of nitrogens with one attached hydrogen (secondary N) is 2. The van der Waals surface area contributed by atoms with Crippen LogP contribution in [0.1, 0.15) is 40.5 Å². The summed E-state index contributed by atoms with van der Waals surface area (Å²) in [5.74, 6) is 0.108. The van der Waals surface area contributed by atoms with E-state index in [0.717, 1.165) is 22.9 Å². The number of anilines is 1. The van der Waals surface area contributed by atoms with Crippen LogP contribution < -0.4 is 10.6 Å². The first-order valence-corrected chi connectivity index (χ1v) is 9.62. The Hall–Kier alpha value is -2.35. The molecule has 0 unspecified atom stereocenters. The fraction of sp³-hybridized carbons (Fsp3) is 0.421. The molecule has 2 rings (SSSR count). The van der Waals surface area contributed by atoms with E-state index in [-0.39, 0.29) is 5.95 Å². The Kier molecular flexibility index (Phi) is 7.01. The van der Waals surface area contributed by atoms with Gasteiger partial charge in [-0.15, -0.1) is 0 Å². The number of benzene rings is 1. The van der Waals surface area contributed by atoms with Gasteiger partial charge in [-0.1, -0.05) is 41.4 Å². The number of amides is 2. The molecule has 0 bridgehead atoms. The van der Waals surface area contributed by atoms with Crippen molar-refractivity contribution < 1.29 is 14.3 Å². The lowest BCUT2D eigenvalue weighted by Crippen LogP contribution is -2.33. The Balaban J connectivity index is 2.34. The number of halogens is 1. The fourth-order valence-electron chi connectivity index (χ4n) is 2.28. The number of imidazole rings is 1. The minimum Gasteiger partial charge on any atom is -0.443 e. The third-order valence-electron chi connectivity index (χ3n) is 3.52. The van der Waals surface area contributed by atoms with E-state index in [2.05, 4.69) is 31.5 Å². The lowest BCUT2D eigenvalue weighted by Gasteiger charge is -2.21. The molecule has 1 aromatic heterocycles. The fourth-order valence-corrected chi connectivity index (χ4v) is 2.55. The van der Waals surface area contributed by atoms with Crippen LogP contribution in [-0.2, 0) is 4.74 Å². The van der Waals surface area contributed by atoms with Crippen LogP contribution in [0.3, 0.4) is 0 Å². The highest BCUT2D eigenvalue weighted by atomic mass is 79.9. The summed E-state index contributed by atoms with van der Waals surface area (Å²) in [6.45, 7) is 7.94. The van der Waals surface area contributed by atoms with Gasteiger partial charge in [0.05, 0.1) is 11.9 Å². The predicted molar refractivity (Wildman–Crippen MR) is 109 cm³/mol. The average molecular weight is 437 g/mol. The lowest BCUT2D eigenvalue weighted by molar-refractivity contribution is 0.0543. The summed E-state index contributed by atoms with van der Waals surface area (Å²) in [6.07, 6.45) is 2.77. The number of unbranched alkanes of at least 4 members (excludes halogenated alkanes) is 1. The Morgan fingerprint density at radius 1 is 1.22 bits per heavy atom. The van der Waals surface area contributed by atoms with Gasteiger partial charge in [0.25, 0.3) is 0 Å². The van der Waals surface area contributed by atoms with Crippen LogP contribution in [0, 0.1) is 0 Å². The zero-order valence-corrected chi connectivity index (χ0v) is 17.6. The molecule has 27 heavy (non-hydrogen) atoms. The lowest BCUT2D eigenvalue weighted by atomic mass is 10.2. The molecule has 0 radical (unpaired) electrons. The summed E-state index contributed by atoms with van der Waals surface area (Å²) in [6, 6.07) is 7.03. The van der Waals surface area contributed by atoms with Gasteiger partial charge in [-0.3, -0.25) is 5.32 Å². The van der Waals surface area contributed by atoms with Gasteiger partial charge in [-0.25, -0.2) is 19.1 Å². The van der Waals surface area contributed by atoms with E-state index in [9.17, 15) is 9.59 Å². The first-order chi connectivity index (χ1) is 12.7. The van der Waals surface area contributed by atoms with Crippen molar-refractivity contribution in [2.75, 3.05) is 11.9 Å². The molecule has 0 aliphatic carbocycles. The molecule has 2 amide bonds. The maximum absolute atomic E-state index is 12.8. The second kappa shape index (κ2) is 9.03. The van der Waals surface area contributed by atoms with Gasteiger partial charge in [0.15, 0.2) is 0 Å². The molecule has 7 nitrogen and oxygen atoms in total.